The highest BCUT2D eigenvalue weighted by molar-refractivity contribution is 7.80. The Labute approximate surface area is 182 Å². The molecule has 3 aromatic rings. The molecule has 2 N–H and O–H groups in total. The molecule has 3 heterocycles. The molecule has 1 aliphatic heterocycles. The Morgan fingerprint density at radius 3 is 2.80 bits per heavy atom. The molecular weight excluding hydrogens is 396 g/mol. The first kappa shape index (κ1) is 20.3. The summed E-state index contributed by atoms with van der Waals surface area (Å²) in [5, 5.41) is 7.09. The first-order valence-electron chi connectivity index (χ1n) is 10.5. The smallest absolute Gasteiger partial charge is 0.226 e. The Morgan fingerprint density at radius 1 is 1.13 bits per heavy atom. The number of fused-ring (bicyclic) bond motifs is 1. The Hall–Kier alpha value is -2.93. The fraction of sp³-hybridized carbons (Fsp3) is 0.348. The van der Waals surface area contributed by atoms with Crippen LogP contribution in [0.25, 0.3) is 22.8 Å². The summed E-state index contributed by atoms with van der Waals surface area (Å²) in [5.41, 5.74) is 3.20. The van der Waals surface area contributed by atoms with Crippen LogP contribution in [0.4, 0.5) is 0 Å². The number of hydrogen-bond acceptors (Lipinski definition) is 4. The summed E-state index contributed by atoms with van der Waals surface area (Å²) < 4.78 is 13.8. The lowest BCUT2D eigenvalue weighted by Crippen LogP contribution is -2.43. The predicted molar refractivity (Wildman–Crippen MR) is 120 cm³/mol. The van der Waals surface area contributed by atoms with E-state index in [1.807, 2.05) is 36.7 Å². The second kappa shape index (κ2) is 9.71. The van der Waals surface area contributed by atoms with Crippen LogP contribution in [0, 0.1) is 0 Å². The summed E-state index contributed by atoms with van der Waals surface area (Å²) in [4.78, 5) is 4.48. The molecule has 0 saturated carbocycles. The summed E-state index contributed by atoms with van der Waals surface area (Å²) in [5.74, 6) is 2.36. The van der Waals surface area contributed by atoms with Gasteiger partial charge in [-0.05, 0) is 55.2 Å². The Bertz CT molecular complexity index is 1000. The average Bonchev–Trinajstić information content (AvgIpc) is 3.28. The highest BCUT2D eigenvalue weighted by Gasteiger charge is 2.15. The molecule has 0 aliphatic carbocycles. The second-order valence-electron chi connectivity index (χ2n) is 7.31. The number of oxazole rings is 1. The standard InChI is InChI=1S/C23H26N4O2S/c1-2-9-24-23(30)25-10-13-27-11-7-17(8-12-27)21-16-26-22(29-21)19-5-6-20-18(15-19)4-3-14-28-20/h5-8,11-12,15-16H,2-4,9-10,13-14H2,1H3,(H-,24,25,30)/p+1. The lowest BCUT2D eigenvalue weighted by molar-refractivity contribution is -0.694. The van der Waals surface area contributed by atoms with Crippen molar-refractivity contribution in [1.29, 1.82) is 0 Å². The largest absolute Gasteiger partial charge is 0.493 e. The maximum absolute atomic E-state index is 6.04. The number of rotatable bonds is 7. The van der Waals surface area contributed by atoms with Gasteiger partial charge in [-0.3, -0.25) is 0 Å². The van der Waals surface area contributed by atoms with E-state index in [1.54, 1.807) is 6.20 Å². The fourth-order valence-corrected chi connectivity index (χ4v) is 3.61. The quantitative estimate of drug-likeness (QED) is 0.448. The molecule has 0 saturated heterocycles. The van der Waals surface area contributed by atoms with Crippen LogP contribution in [0.5, 0.6) is 5.75 Å². The Kier molecular flexibility index (Phi) is 6.59. The topological polar surface area (TPSA) is 63.2 Å². The molecule has 7 heteroatoms. The van der Waals surface area contributed by atoms with Crippen molar-refractivity contribution in [2.45, 2.75) is 32.7 Å². The summed E-state index contributed by atoms with van der Waals surface area (Å²) in [6.45, 7) is 5.40. The summed E-state index contributed by atoms with van der Waals surface area (Å²) >= 11 is 5.24. The molecule has 0 spiro atoms. The van der Waals surface area contributed by atoms with E-state index in [9.17, 15) is 0 Å². The van der Waals surface area contributed by atoms with Gasteiger partial charge in [-0.2, -0.15) is 0 Å². The minimum atomic E-state index is 0.632. The third-order valence-electron chi connectivity index (χ3n) is 5.03. The van der Waals surface area contributed by atoms with Crippen LogP contribution in [0.15, 0.2) is 53.3 Å². The van der Waals surface area contributed by atoms with Crippen LogP contribution >= 0.6 is 12.2 Å². The molecule has 0 unspecified atom stereocenters. The number of thiocarbonyl (C=S) groups is 1. The zero-order valence-electron chi connectivity index (χ0n) is 17.2. The number of ether oxygens (including phenoxy) is 1. The van der Waals surface area contributed by atoms with Crippen LogP contribution in [0.1, 0.15) is 25.3 Å². The van der Waals surface area contributed by atoms with E-state index in [0.29, 0.717) is 11.0 Å². The van der Waals surface area contributed by atoms with E-state index >= 15 is 0 Å². The van der Waals surface area contributed by atoms with Crippen LogP contribution in [-0.4, -0.2) is 29.8 Å². The van der Waals surface area contributed by atoms with Crippen molar-refractivity contribution in [2.24, 2.45) is 0 Å². The van der Waals surface area contributed by atoms with Crippen molar-refractivity contribution in [3.8, 4) is 28.5 Å². The van der Waals surface area contributed by atoms with Crippen molar-refractivity contribution in [3.63, 3.8) is 0 Å². The number of benzene rings is 1. The van der Waals surface area contributed by atoms with Gasteiger partial charge in [0.15, 0.2) is 29.8 Å². The molecule has 30 heavy (non-hydrogen) atoms. The van der Waals surface area contributed by atoms with E-state index in [2.05, 4.69) is 33.2 Å². The van der Waals surface area contributed by atoms with Gasteiger partial charge in [0, 0.05) is 29.8 Å². The molecule has 0 amide bonds. The number of pyridine rings is 1. The average molecular weight is 424 g/mol. The van der Waals surface area contributed by atoms with Crippen LogP contribution in [0.2, 0.25) is 0 Å². The molecule has 4 rings (SSSR count). The minimum absolute atomic E-state index is 0.632. The van der Waals surface area contributed by atoms with E-state index in [4.69, 9.17) is 21.4 Å². The molecule has 0 radical (unpaired) electrons. The van der Waals surface area contributed by atoms with E-state index in [-0.39, 0.29) is 0 Å². The zero-order chi connectivity index (χ0) is 20.8. The number of nitrogens with zero attached hydrogens (tertiary/aromatic N) is 2. The first-order chi connectivity index (χ1) is 14.7. The van der Waals surface area contributed by atoms with Gasteiger partial charge in [-0.25, -0.2) is 9.55 Å². The van der Waals surface area contributed by atoms with Crippen LogP contribution in [-0.2, 0) is 13.0 Å². The normalized spacial score (nSPS) is 12.7. The van der Waals surface area contributed by atoms with Crippen LogP contribution < -0.4 is 19.9 Å². The van der Waals surface area contributed by atoms with Crippen molar-refractivity contribution in [3.05, 3.63) is 54.5 Å². The third-order valence-corrected chi connectivity index (χ3v) is 5.32. The van der Waals surface area contributed by atoms with Gasteiger partial charge in [0.1, 0.15) is 5.75 Å². The second-order valence-corrected chi connectivity index (χ2v) is 7.72. The molecule has 1 aliphatic rings. The van der Waals surface area contributed by atoms with E-state index < -0.39 is 0 Å². The Morgan fingerprint density at radius 2 is 1.97 bits per heavy atom. The van der Waals surface area contributed by atoms with E-state index in [1.165, 1.54) is 5.56 Å². The Balaban J connectivity index is 1.37. The molecule has 0 atom stereocenters. The summed E-state index contributed by atoms with van der Waals surface area (Å²) in [6.07, 6.45) is 9.00. The maximum atomic E-state index is 6.04. The van der Waals surface area contributed by atoms with Gasteiger partial charge in [-0.1, -0.05) is 6.92 Å². The first-order valence-corrected chi connectivity index (χ1v) is 10.9. The van der Waals surface area contributed by atoms with Crippen molar-refractivity contribution in [2.75, 3.05) is 19.7 Å². The van der Waals surface area contributed by atoms with Crippen LogP contribution in [0.3, 0.4) is 0 Å². The van der Waals surface area contributed by atoms with Gasteiger partial charge in [0.05, 0.1) is 19.3 Å². The van der Waals surface area contributed by atoms with E-state index in [0.717, 1.165) is 68.1 Å². The molecule has 6 nitrogen and oxygen atoms in total. The van der Waals surface area contributed by atoms with Gasteiger partial charge in [-0.15, -0.1) is 0 Å². The highest BCUT2D eigenvalue weighted by atomic mass is 32.1. The third kappa shape index (κ3) is 4.97. The number of aromatic nitrogens is 2. The molecule has 0 fully saturated rings. The lowest BCUT2D eigenvalue weighted by atomic mass is 10.0. The molecule has 156 valence electrons. The predicted octanol–water partition coefficient (Wildman–Crippen LogP) is 3.50. The SMILES string of the molecule is CCCNC(=S)NCC[n+]1ccc(-c2cnc(-c3ccc4c(c3)CCCO4)o2)cc1. The highest BCUT2D eigenvalue weighted by Crippen LogP contribution is 2.31. The lowest BCUT2D eigenvalue weighted by Gasteiger charge is -2.17. The number of hydrogen-bond donors (Lipinski definition) is 2. The van der Waals surface area contributed by atoms with Gasteiger partial charge >= 0.3 is 0 Å². The fourth-order valence-electron chi connectivity index (χ4n) is 3.40. The minimum Gasteiger partial charge on any atom is -0.493 e. The maximum Gasteiger partial charge on any atom is 0.226 e. The molecular formula is C23H27N4O2S+. The monoisotopic (exact) mass is 423 g/mol. The summed E-state index contributed by atoms with van der Waals surface area (Å²) in [6, 6.07) is 10.2. The molecule has 2 aromatic heterocycles. The van der Waals surface area contributed by atoms with Crippen molar-refractivity contribution in [1.82, 2.24) is 15.6 Å². The number of aryl methyl sites for hydroxylation is 1. The molecule has 1 aromatic carbocycles. The van der Waals surface area contributed by atoms with Gasteiger partial charge in [0.25, 0.3) is 0 Å². The van der Waals surface area contributed by atoms with Crippen molar-refractivity contribution >= 4 is 17.3 Å². The van der Waals surface area contributed by atoms with Crippen molar-refractivity contribution < 1.29 is 13.7 Å². The van der Waals surface area contributed by atoms with Gasteiger partial charge in [0.2, 0.25) is 5.89 Å². The zero-order valence-corrected chi connectivity index (χ0v) is 18.0. The summed E-state index contributed by atoms with van der Waals surface area (Å²) in [7, 11) is 0. The van der Waals surface area contributed by atoms with Gasteiger partial charge < -0.3 is 19.8 Å². The number of nitrogens with one attached hydrogen (secondary N) is 2. The molecule has 0 bridgehead atoms.